The van der Waals surface area contributed by atoms with Crippen LogP contribution < -0.4 is 5.32 Å². The van der Waals surface area contributed by atoms with Gasteiger partial charge in [-0.1, -0.05) is 34.5 Å². The standard InChI is InChI=1S/C12H13BrClNO/c1-7-2-11(3-7)15-12(16)8-4-9(13)6-10(14)5-8/h4-7,11H,2-3H2,1H3,(H,15,16). The van der Waals surface area contributed by atoms with E-state index >= 15 is 0 Å². The Morgan fingerprint density at radius 2 is 2.12 bits per heavy atom. The Morgan fingerprint density at radius 3 is 2.69 bits per heavy atom. The van der Waals surface area contributed by atoms with E-state index in [1.54, 1.807) is 18.2 Å². The molecule has 4 heteroatoms. The smallest absolute Gasteiger partial charge is 0.251 e. The molecule has 1 aliphatic carbocycles. The Hall–Kier alpha value is -0.540. The van der Waals surface area contributed by atoms with Gasteiger partial charge in [-0.25, -0.2) is 0 Å². The van der Waals surface area contributed by atoms with Crippen LogP contribution in [-0.4, -0.2) is 11.9 Å². The molecule has 1 aliphatic rings. The molecule has 2 rings (SSSR count). The van der Waals surface area contributed by atoms with Gasteiger partial charge in [0.05, 0.1) is 0 Å². The Morgan fingerprint density at radius 1 is 1.44 bits per heavy atom. The van der Waals surface area contributed by atoms with Crippen LogP contribution in [0.15, 0.2) is 22.7 Å². The summed E-state index contributed by atoms with van der Waals surface area (Å²) in [5.41, 5.74) is 0.610. The molecule has 1 fully saturated rings. The number of halogens is 2. The van der Waals surface area contributed by atoms with Gasteiger partial charge in [-0.2, -0.15) is 0 Å². The minimum atomic E-state index is -0.0416. The Bertz CT molecular complexity index is 395. The van der Waals surface area contributed by atoms with Crippen molar-refractivity contribution in [2.75, 3.05) is 0 Å². The van der Waals surface area contributed by atoms with Crippen LogP contribution in [0.3, 0.4) is 0 Å². The molecule has 1 amide bonds. The second-order valence-corrected chi connectivity index (χ2v) is 5.76. The molecule has 0 atom stereocenters. The average molecular weight is 303 g/mol. The van der Waals surface area contributed by atoms with Crippen LogP contribution in [0, 0.1) is 5.92 Å². The van der Waals surface area contributed by atoms with Crippen molar-refractivity contribution in [1.82, 2.24) is 5.32 Å². The van der Waals surface area contributed by atoms with E-state index in [0.29, 0.717) is 16.6 Å². The molecule has 0 unspecified atom stereocenters. The fourth-order valence-corrected chi connectivity index (χ4v) is 2.83. The van der Waals surface area contributed by atoms with E-state index in [1.807, 2.05) is 0 Å². The van der Waals surface area contributed by atoms with Crippen molar-refractivity contribution >= 4 is 33.4 Å². The fraction of sp³-hybridized carbons (Fsp3) is 0.417. The van der Waals surface area contributed by atoms with Gasteiger partial charge >= 0.3 is 0 Å². The molecule has 1 saturated carbocycles. The monoisotopic (exact) mass is 301 g/mol. The van der Waals surface area contributed by atoms with Crippen LogP contribution in [0.2, 0.25) is 5.02 Å². The van der Waals surface area contributed by atoms with Gasteiger partial charge in [0.2, 0.25) is 0 Å². The number of rotatable bonds is 2. The van der Waals surface area contributed by atoms with E-state index in [0.717, 1.165) is 23.2 Å². The van der Waals surface area contributed by atoms with Crippen LogP contribution in [0.25, 0.3) is 0 Å². The van der Waals surface area contributed by atoms with Crippen molar-refractivity contribution in [3.63, 3.8) is 0 Å². The number of hydrogen-bond donors (Lipinski definition) is 1. The van der Waals surface area contributed by atoms with E-state index < -0.39 is 0 Å². The molecule has 1 aromatic rings. The maximum Gasteiger partial charge on any atom is 0.251 e. The summed E-state index contributed by atoms with van der Waals surface area (Å²) in [6, 6.07) is 5.57. The van der Waals surface area contributed by atoms with E-state index in [9.17, 15) is 4.79 Å². The van der Waals surface area contributed by atoms with Crippen molar-refractivity contribution in [1.29, 1.82) is 0 Å². The highest BCUT2D eigenvalue weighted by Gasteiger charge is 2.26. The molecular formula is C12H13BrClNO. The molecular weight excluding hydrogens is 289 g/mol. The normalized spacial score (nSPS) is 23.7. The maximum atomic E-state index is 11.9. The van der Waals surface area contributed by atoms with Gasteiger partial charge in [-0.15, -0.1) is 0 Å². The molecule has 0 spiro atoms. The lowest BCUT2D eigenvalue weighted by Crippen LogP contribution is -2.43. The second-order valence-electron chi connectivity index (χ2n) is 4.41. The summed E-state index contributed by atoms with van der Waals surface area (Å²) < 4.78 is 0.826. The van der Waals surface area contributed by atoms with Gasteiger partial charge in [0, 0.05) is 21.1 Å². The van der Waals surface area contributed by atoms with E-state index in [4.69, 9.17) is 11.6 Å². The van der Waals surface area contributed by atoms with Gasteiger partial charge in [-0.05, 0) is 37.0 Å². The minimum absolute atomic E-state index is 0.0416. The van der Waals surface area contributed by atoms with Crippen LogP contribution >= 0.6 is 27.5 Å². The summed E-state index contributed by atoms with van der Waals surface area (Å²) >= 11 is 9.22. The first kappa shape index (κ1) is 11.9. The molecule has 2 nitrogen and oxygen atoms in total. The second kappa shape index (κ2) is 4.76. The quantitative estimate of drug-likeness (QED) is 0.888. The Kier molecular flexibility index (Phi) is 3.55. The van der Waals surface area contributed by atoms with Crippen LogP contribution in [0.1, 0.15) is 30.1 Å². The first-order valence-corrected chi connectivity index (χ1v) is 6.48. The SMILES string of the molecule is CC1CC(NC(=O)c2cc(Cl)cc(Br)c2)C1. The van der Waals surface area contributed by atoms with Crippen molar-refractivity contribution in [2.45, 2.75) is 25.8 Å². The van der Waals surface area contributed by atoms with Gasteiger partial charge < -0.3 is 5.32 Å². The molecule has 1 N–H and O–H groups in total. The molecule has 86 valence electrons. The van der Waals surface area contributed by atoms with E-state index in [1.165, 1.54) is 0 Å². The van der Waals surface area contributed by atoms with Crippen LogP contribution in [0.5, 0.6) is 0 Å². The Labute approximate surface area is 108 Å². The predicted octanol–water partition coefficient (Wildman–Crippen LogP) is 3.63. The highest BCUT2D eigenvalue weighted by Crippen LogP contribution is 2.27. The summed E-state index contributed by atoms with van der Waals surface area (Å²) in [4.78, 5) is 11.9. The first-order valence-electron chi connectivity index (χ1n) is 5.31. The maximum absolute atomic E-state index is 11.9. The van der Waals surface area contributed by atoms with Crippen molar-refractivity contribution in [2.24, 2.45) is 5.92 Å². The molecule has 0 aromatic heterocycles. The number of carbonyl (C=O) groups is 1. The van der Waals surface area contributed by atoms with Crippen molar-refractivity contribution in [3.8, 4) is 0 Å². The zero-order valence-electron chi connectivity index (χ0n) is 8.97. The Balaban J connectivity index is 2.03. The molecule has 0 saturated heterocycles. The third-order valence-electron chi connectivity index (χ3n) is 2.83. The molecule has 0 bridgehead atoms. The number of nitrogens with one attached hydrogen (secondary N) is 1. The van der Waals surface area contributed by atoms with Gasteiger partial charge in [0.1, 0.15) is 0 Å². The molecule has 0 radical (unpaired) electrons. The number of hydrogen-bond acceptors (Lipinski definition) is 1. The topological polar surface area (TPSA) is 29.1 Å². The molecule has 1 aromatic carbocycles. The van der Waals surface area contributed by atoms with Crippen molar-refractivity contribution in [3.05, 3.63) is 33.3 Å². The lowest BCUT2D eigenvalue weighted by atomic mass is 9.82. The summed E-state index contributed by atoms with van der Waals surface area (Å²) in [6.45, 7) is 2.19. The molecule has 0 heterocycles. The molecule has 16 heavy (non-hydrogen) atoms. The minimum Gasteiger partial charge on any atom is -0.349 e. The number of benzene rings is 1. The summed E-state index contributed by atoms with van der Waals surface area (Å²) in [7, 11) is 0. The highest BCUT2D eigenvalue weighted by molar-refractivity contribution is 9.10. The van der Waals surface area contributed by atoms with Gasteiger partial charge in [0.15, 0.2) is 0 Å². The summed E-state index contributed by atoms with van der Waals surface area (Å²) in [5.74, 6) is 0.691. The lowest BCUT2D eigenvalue weighted by molar-refractivity contribution is 0.0896. The van der Waals surface area contributed by atoms with Gasteiger partial charge in [-0.3, -0.25) is 4.79 Å². The molecule has 0 aliphatic heterocycles. The summed E-state index contributed by atoms with van der Waals surface area (Å²) in [6.07, 6.45) is 2.15. The van der Waals surface area contributed by atoms with Crippen LogP contribution in [0.4, 0.5) is 0 Å². The highest BCUT2D eigenvalue weighted by atomic mass is 79.9. The fourth-order valence-electron chi connectivity index (χ4n) is 1.97. The van der Waals surface area contributed by atoms with E-state index in [-0.39, 0.29) is 5.91 Å². The largest absolute Gasteiger partial charge is 0.349 e. The van der Waals surface area contributed by atoms with E-state index in [2.05, 4.69) is 28.2 Å². The lowest BCUT2D eigenvalue weighted by Gasteiger charge is -2.33. The average Bonchev–Trinajstić information content (AvgIpc) is 2.13. The summed E-state index contributed by atoms with van der Waals surface area (Å²) in [5, 5.41) is 3.57. The van der Waals surface area contributed by atoms with Crippen LogP contribution in [-0.2, 0) is 0 Å². The number of amides is 1. The van der Waals surface area contributed by atoms with Gasteiger partial charge in [0.25, 0.3) is 5.91 Å². The zero-order valence-corrected chi connectivity index (χ0v) is 11.3. The number of carbonyl (C=O) groups excluding carboxylic acids is 1. The first-order chi connectivity index (χ1) is 7.54. The zero-order chi connectivity index (χ0) is 11.7. The third kappa shape index (κ3) is 2.77. The van der Waals surface area contributed by atoms with Crippen molar-refractivity contribution < 1.29 is 4.79 Å². The third-order valence-corrected chi connectivity index (χ3v) is 3.51. The predicted molar refractivity (Wildman–Crippen MR) is 68.8 cm³/mol.